The average Bonchev–Trinajstić information content (AvgIpc) is 3.28. The van der Waals surface area contributed by atoms with E-state index < -0.39 is 6.04 Å². The minimum atomic E-state index is -0.433. The maximum absolute atomic E-state index is 12.9. The number of pyridine rings is 1. The van der Waals surface area contributed by atoms with Gasteiger partial charge in [-0.1, -0.05) is 18.2 Å². The number of carbonyl (C=O) groups excluding carboxylic acids is 2. The zero-order chi connectivity index (χ0) is 17.9. The second-order valence-electron chi connectivity index (χ2n) is 6.02. The van der Waals surface area contributed by atoms with E-state index in [0.717, 1.165) is 5.69 Å². The molecular weight excluding hydrogens is 330 g/mol. The van der Waals surface area contributed by atoms with Gasteiger partial charge in [-0.3, -0.25) is 19.5 Å². The summed E-state index contributed by atoms with van der Waals surface area (Å²) in [4.78, 5) is 31.4. The van der Waals surface area contributed by atoms with Crippen LogP contribution < -0.4 is 10.2 Å². The standard InChI is InChI=1S/C20H17N3O3/c24-18(22-13-15-8-5-11-26-15)12-17-19-16(9-4-10-21-19)20(25)23(17)14-6-2-1-3-7-14/h1-11,17H,12-13H2,(H,22,24)/t17-/m0/s1. The van der Waals surface area contributed by atoms with Crippen molar-refractivity contribution in [3.63, 3.8) is 0 Å². The van der Waals surface area contributed by atoms with Gasteiger partial charge in [-0.15, -0.1) is 0 Å². The molecule has 0 aliphatic carbocycles. The number of carbonyl (C=O) groups is 2. The van der Waals surface area contributed by atoms with Crippen molar-refractivity contribution < 1.29 is 14.0 Å². The molecule has 6 heteroatoms. The highest BCUT2D eigenvalue weighted by Gasteiger charge is 2.39. The molecule has 0 saturated heterocycles. The first-order valence-electron chi connectivity index (χ1n) is 8.36. The molecule has 1 aliphatic heterocycles. The number of anilines is 1. The number of hydrogen-bond acceptors (Lipinski definition) is 4. The van der Waals surface area contributed by atoms with Gasteiger partial charge in [-0.25, -0.2) is 0 Å². The summed E-state index contributed by atoms with van der Waals surface area (Å²) in [7, 11) is 0. The second-order valence-corrected chi connectivity index (χ2v) is 6.02. The summed E-state index contributed by atoms with van der Waals surface area (Å²) in [5.41, 5.74) is 1.93. The summed E-state index contributed by atoms with van der Waals surface area (Å²) in [5.74, 6) is 0.376. The second kappa shape index (κ2) is 6.84. The lowest BCUT2D eigenvalue weighted by molar-refractivity contribution is -0.121. The quantitative estimate of drug-likeness (QED) is 0.769. The first-order chi connectivity index (χ1) is 12.7. The smallest absolute Gasteiger partial charge is 0.260 e. The summed E-state index contributed by atoms with van der Waals surface area (Å²) >= 11 is 0. The lowest BCUT2D eigenvalue weighted by Gasteiger charge is -2.24. The van der Waals surface area contributed by atoms with Gasteiger partial charge in [0.2, 0.25) is 5.91 Å². The lowest BCUT2D eigenvalue weighted by atomic mass is 10.1. The molecule has 0 saturated carbocycles. The van der Waals surface area contributed by atoms with Crippen LogP contribution in [-0.2, 0) is 11.3 Å². The maximum atomic E-state index is 12.9. The number of furan rings is 1. The molecule has 2 aromatic heterocycles. The van der Waals surface area contributed by atoms with Crippen molar-refractivity contribution in [1.29, 1.82) is 0 Å². The van der Waals surface area contributed by atoms with Crippen molar-refractivity contribution in [2.45, 2.75) is 19.0 Å². The molecule has 1 N–H and O–H groups in total. The minimum absolute atomic E-state index is 0.130. The molecule has 0 fully saturated rings. The van der Waals surface area contributed by atoms with Gasteiger partial charge in [0, 0.05) is 11.9 Å². The molecule has 2 amide bonds. The molecule has 6 nitrogen and oxygen atoms in total. The van der Waals surface area contributed by atoms with Crippen LogP contribution in [0.5, 0.6) is 0 Å². The van der Waals surface area contributed by atoms with Crippen LogP contribution in [0, 0.1) is 0 Å². The minimum Gasteiger partial charge on any atom is -0.467 e. The largest absolute Gasteiger partial charge is 0.467 e. The number of rotatable bonds is 5. The van der Waals surface area contributed by atoms with Crippen LogP contribution in [0.15, 0.2) is 71.5 Å². The zero-order valence-electron chi connectivity index (χ0n) is 14.0. The van der Waals surface area contributed by atoms with E-state index >= 15 is 0 Å². The van der Waals surface area contributed by atoms with Crippen molar-refractivity contribution in [2.75, 3.05) is 4.90 Å². The molecule has 1 aliphatic rings. The Hall–Kier alpha value is -3.41. The van der Waals surface area contributed by atoms with Crippen molar-refractivity contribution in [2.24, 2.45) is 0 Å². The predicted octanol–water partition coefficient (Wildman–Crippen LogP) is 3.08. The molecule has 3 aromatic rings. The number of aromatic nitrogens is 1. The van der Waals surface area contributed by atoms with E-state index in [9.17, 15) is 9.59 Å². The van der Waals surface area contributed by atoms with Gasteiger partial charge in [0.1, 0.15) is 5.76 Å². The van der Waals surface area contributed by atoms with Crippen molar-refractivity contribution in [1.82, 2.24) is 10.3 Å². The van der Waals surface area contributed by atoms with E-state index in [1.165, 1.54) is 0 Å². The third-order valence-corrected chi connectivity index (χ3v) is 4.37. The number of nitrogens with one attached hydrogen (secondary N) is 1. The molecule has 0 unspecified atom stereocenters. The molecule has 0 spiro atoms. The highest BCUT2D eigenvalue weighted by atomic mass is 16.3. The summed E-state index contributed by atoms with van der Waals surface area (Å²) in [6, 6.07) is 16.0. The Morgan fingerprint density at radius 2 is 1.96 bits per heavy atom. The first-order valence-corrected chi connectivity index (χ1v) is 8.36. The number of nitrogens with zero attached hydrogens (tertiary/aromatic N) is 2. The van der Waals surface area contributed by atoms with Gasteiger partial charge in [0.25, 0.3) is 5.91 Å². The van der Waals surface area contributed by atoms with E-state index in [-0.39, 0.29) is 18.2 Å². The van der Waals surface area contributed by atoms with E-state index in [1.807, 2.05) is 30.3 Å². The van der Waals surface area contributed by atoms with Gasteiger partial charge in [-0.05, 0) is 36.4 Å². The molecule has 4 rings (SSSR count). The lowest BCUT2D eigenvalue weighted by Crippen LogP contribution is -2.32. The number of hydrogen-bond donors (Lipinski definition) is 1. The van der Waals surface area contributed by atoms with Gasteiger partial charge in [0.05, 0.1) is 36.5 Å². The molecule has 1 atom stereocenters. The topological polar surface area (TPSA) is 75.4 Å². The van der Waals surface area contributed by atoms with Crippen LogP contribution in [0.25, 0.3) is 0 Å². The monoisotopic (exact) mass is 347 g/mol. The fraction of sp³-hybridized carbons (Fsp3) is 0.150. The first kappa shape index (κ1) is 16.1. The Balaban J connectivity index is 1.58. The number of benzene rings is 1. The third kappa shape index (κ3) is 2.97. The molecule has 0 bridgehead atoms. The predicted molar refractivity (Wildman–Crippen MR) is 95.4 cm³/mol. The average molecular weight is 347 g/mol. The normalized spacial score (nSPS) is 15.8. The highest BCUT2D eigenvalue weighted by molar-refractivity contribution is 6.11. The summed E-state index contributed by atoms with van der Waals surface area (Å²) in [5, 5.41) is 2.83. The zero-order valence-corrected chi connectivity index (χ0v) is 14.0. The summed E-state index contributed by atoms with van der Waals surface area (Å²) in [6.07, 6.45) is 3.34. The molecule has 1 aromatic carbocycles. The van der Waals surface area contributed by atoms with Crippen LogP contribution in [0.2, 0.25) is 0 Å². The Bertz CT molecular complexity index is 922. The van der Waals surface area contributed by atoms with E-state index in [4.69, 9.17) is 4.42 Å². The summed E-state index contributed by atoms with van der Waals surface area (Å²) < 4.78 is 5.23. The highest BCUT2D eigenvalue weighted by Crippen LogP contribution is 2.38. The van der Waals surface area contributed by atoms with E-state index in [0.29, 0.717) is 23.6 Å². The van der Waals surface area contributed by atoms with Crippen molar-refractivity contribution in [3.05, 3.63) is 84.1 Å². The maximum Gasteiger partial charge on any atom is 0.260 e. The van der Waals surface area contributed by atoms with Crippen LogP contribution in [0.4, 0.5) is 5.69 Å². The van der Waals surface area contributed by atoms with Crippen molar-refractivity contribution in [3.8, 4) is 0 Å². The molecule has 130 valence electrons. The Kier molecular flexibility index (Phi) is 4.23. The van der Waals surface area contributed by atoms with Gasteiger partial charge in [0.15, 0.2) is 0 Å². The van der Waals surface area contributed by atoms with Gasteiger partial charge >= 0.3 is 0 Å². The van der Waals surface area contributed by atoms with Gasteiger partial charge in [-0.2, -0.15) is 0 Å². The van der Waals surface area contributed by atoms with Crippen LogP contribution >= 0.6 is 0 Å². The number of para-hydroxylation sites is 1. The van der Waals surface area contributed by atoms with Crippen LogP contribution in [0.1, 0.15) is 34.3 Å². The van der Waals surface area contributed by atoms with Crippen LogP contribution in [-0.4, -0.2) is 16.8 Å². The Labute approximate surface area is 150 Å². The molecular formula is C20H17N3O3. The number of amides is 2. The van der Waals surface area contributed by atoms with Gasteiger partial charge < -0.3 is 9.73 Å². The fourth-order valence-corrected chi connectivity index (χ4v) is 3.18. The Morgan fingerprint density at radius 3 is 2.73 bits per heavy atom. The number of fused-ring (bicyclic) bond motifs is 1. The fourth-order valence-electron chi connectivity index (χ4n) is 3.18. The molecule has 0 radical (unpaired) electrons. The molecule has 26 heavy (non-hydrogen) atoms. The summed E-state index contributed by atoms with van der Waals surface area (Å²) in [6.45, 7) is 0.312. The van der Waals surface area contributed by atoms with E-state index in [1.54, 1.807) is 41.6 Å². The Morgan fingerprint density at radius 1 is 1.12 bits per heavy atom. The third-order valence-electron chi connectivity index (χ3n) is 4.37. The molecule has 3 heterocycles. The SMILES string of the molecule is O=C(C[C@H]1c2ncccc2C(=O)N1c1ccccc1)NCc1ccco1. The van der Waals surface area contributed by atoms with Crippen molar-refractivity contribution >= 4 is 17.5 Å². The van der Waals surface area contributed by atoms with Crippen LogP contribution in [0.3, 0.4) is 0 Å². The van der Waals surface area contributed by atoms with E-state index in [2.05, 4.69) is 10.3 Å².